The zero-order valence-electron chi connectivity index (χ0n) is 14.6. The van der Waals surface area contributed by atoms with Crippen molar-refractivity contribution < 1.29 is 9.47 Å². The van der Waals surface area contributed by atoms with E-state index >= 15 is 0 Å². The highest BCUT2D eigenvalue weighted by molar-refractivity contribution is 5.55. The summed E-state index contributed by atoms with van der Waals surface area (Å²) in [6.45, 7) is 4.52. The Kier molecular flexibility index (Phi) is 5.00. The fourth-order valence-corrected chi connectivity index (χ4v) is 2.56. The van der Waals surface area contributed by atoms with Gasteiger partial charge in [0.2, 0.25) is 0 Å². The number of nitrogens with zero attached hydrogens (tertiary/aromatic N) is 2. The minimum absolute atomic E-state index is 0.434. The average molecular weight is 338 g/mol. The minimum Gasteiger partial charge on any atom is -0.493 e. The molecule has 0 saturated carbocycles. The Bertz CT molecular complexity index is 843. The highest BCUT2D eigenvalue weighted by atomic mass is 16.5. The number of hydrogen-bond acceptors (Lipinski definition) is 5. The van der Waals surface area contributed by atoms with E-state index in [1.807, 2.05) is 56.3 Å². The van der Waals surface area contributed by atoms with E-state index in [1.165, 1.54) is 5.56 Å². The Morgan fingerprint density at radius 1 is 1.12 bits per heavy atom. The molecule has 0 amide bonds. The fraction of sp³-hybridized carbons (Fsp3) is 0.263. The maximum absolute atomic E-state index is 6.36. The molecule has 0 fully saturated rings. The molecule has 6 nitrogen and oxygen atoms in total. The second kappa shape index (κ2) is 7.36. The SMILES string of the molecule is CCOc1cc([C@H](N)c2nc(-c3ccc(C)cc3)n[nH]2)ccc1OC. The summed E-state index contributed by atoms with van der Waals surface area (Å²) in [5, 5.41) is 7.22. The number of rotatable bonds is 6. The van der Waals surface area contributed by atoms with Gasteiger partial charge in [-0.25, -0.2) is 4.98 Å². The summed E-state index contributed by atoms with van der Waals surface area (Å²) in [6.07, 6.45) is 0. The van der Waals surface area contributed by atoms with Crippen LogP contribution in [0.15, 0.2) is 42.5 Å². The van der Waals surface area contributed by atoms with Gasteiger partial charge in [0, 0.05) is 5.56 Å². The van der Waals surface area contributed by atoms with Crippen molar-refractivity contribution in [3.63, 3.8) is 0 Å². The molecule has 2 aromatic carbocycles. The zero-order chi connectivity index (χ0) is 17.8. The van der Waals surface area contributed by atoms with Crippen molar-refractivity contribution in [2.75, 3.05) is 13.7 Å². The maximum atomic E-state index is 6.36. The number of aryl methyl sites for hydroxylation is 1. The predicted molar refractivity (Wildman–Crippen MR) is 96.7 cm³/mol. The fourth-order valence-electron chi connectivity index (χ4n) is 2.56. The van der Waals surface area contributed by atoms with Crippen LogP contribution in [0.25, 0.3) is 11.4 Å². The summed E-state index contributed by atoms with van der Waals surface area (Å²) in [5.74, 6) is 2.57. The van der Waals surface area contributed by atoms with Crippen LogP contribution in [0, 0.1) is 6.92 Å². The van der Waals surface area contributed by atoms with Crippen LogP contribution < -0.4 is 15.2 Å². The van der Waals surface area contributed by atoms with Crippen molar-refractivity contribution in [1.29, 1.82) is 0 Å². The van der Waals surface area contributed by atoms with Gasteiger partial charge in [-0.1, -0.05) is 35.9 Å². The van der Waals surface area contributed by atoms with E-state index in [4.69, 9.17) is 15.2 Å². The summed E-state index contributed by atoms with van der Waals surface area (Å²) >= 11 is 0. The van der Waals surface area contributed by atoms with Crippen molar-refractivity contribution in [2.24, 2.45) is 5.73 Å². The third-order valence-corrected chi connectivity index (χ3v) is 3.95. The van der Waals surface area contributed by atoms with Crippen molar-refractivity contribution in [3.8, 4) is 22.9 Å². The van der Waals surface area contributed by atoms with Crippen molar-refractivity contribution >= 4 is 0 Å². The van der Waals surface area contributed by atoms with E-state index in [2.05, 4.69) is 15.2 Å². The number of ether oxygens (including phenoxy) is 2. The lowest BCUT2D eigenvalue weighted by molar-refractivity contribution is 0.310. The lowest BCUT2D eigenvalue weighted by Gasteiger charge is -2.14. The molecule has 6 heteroatoms. The highest BCUT2D eigenvalue weighted by Crippen LogP contribution is 2.31. The number of methoxy groups -OCH3 is 1. The first-order valence-electron chi connectivity index (χ1n) is 8.18. The molecule has 0 bridgehead atoms. The number of benzene rings is 2. The topological polar surface area (TPSA) is 86.0 Å². The summed E-state index contributed by atoms with van der Waals surface area (Å²) < 4.78 is 10.9. The highest BCUT2D eigenvalue weighted by Gasteiger charge is 2.17. The molecule has 0 aliphatic rings. The number of nitrogens with two attached hydrogens (primary N) is 1. The van der Waals surface area contributed by atoms with Gasteiger partial charge in [0.1, 0.15) is 5.82 Å². The van der Waals surface area contributed by atoms with Crippen molar-refractivity contribution in [3.05, 3.63) is 59.4 Å². The molecule has 1 aromatic heterocycles. The summed E-state index contributed by atoms with van der Waals surface area (Å²) in [7, 11) is 1.61. The third kappa shape index (κ3) is 3.64. The number of nitrogens with one attached hydrogen (secondary N) is 1. The Hall–Kier alpha value is -2.86. The lowest BCUT2D eigenvalue weighted by atomic mass is 10.1. The van der Waals surface area contributed by atoms with Crippen LogP contribution in [0.5, 0.6) is 11.5 Å². The van der Waals surface area contributed by atoms with Gasteiger partial charge in [-0.15, -0.1) is 0 Å². The standard InChI is InChI=1S/C19H22N4O2/c1-4-25-16-11-14(9-10-15(16)24-3)17(20)19-21-18(22-23-19)13-7-5-12(2)6-8-13/h5-11,17H,4,20H2,1-3H3,(H,21,22,23)/t17-/m0/s1. The molecule has 1 heterocycles. The molecule has 130 valence electrons. The van der Waals surface area contributed by atoms with Gasteiger partial charge in [-0.05, 0) is 31.5 Å². The van der Waals surface area contributed by atoms with Gasteiger partial charge < -0.3 is 15.2 Å². The molecule has 1 atom stereocenters. The van der Waals surface area contributed by atoms with Gasteiger partial charge >= 0.3 is 0 Å². The lowest BCUT2D eigenvalue weighted by Crippen LogP contribution is -2.14. The monoisotopic (exact) mass is 338 g/mol. The van der Waals surface area contributed by atoms with Crippen LogP contribution in [0.3, 0.4) is 0 Å². The van der Waals surface area contributed by atoms with E-state index in [0.29, 0.717) is 29.8 Å². The van der Waals surface area contributed by atoms with E-state index < -0.39 is 6.04 Å². The van der Waals surface area contributed by atoms with Gasteiger partial charge in [0.15, 0.2) is 17.3 Å². The third-order valence-electron chi connectivity index (χ3n) is 3.95. The van der Waals surface area contributed by atoms with Crippen LogP contribution in [-0.4, -0.2) is 28.9 Å². The quantitative estimate of drug-likeness (QED) is 0.720. The molecule has 0 unspecified atom stereocenters. The molecule has 3 N–H and O–H groups in total. The Morgan fingerprint density at radius 2 is 1.88 bits per heavy atom. The number of hydrogen-bond donors (Lipinski definition) is 2. The van der Waals surface area contributed by atoms with Crippen LogP contribution in [0.4, 0.5) is 0 Å². The zero-order valence-corrected chi connectivity index (χ0v) is 14.6. The molecule has 3 aromatic rings. The Labute approximate surface area is 147 Å². The first kappa shape index (κ1) is 17.0. The predicted octanol–water partition coefficient (Wildman–Crippen LogP) is 3.24. The molecule has 0 aliphatic carbocycles. The Balaban J connectivity index is 1.87. The first-order valence-corrected chi connectivity index (χ1v) is 8.18. The molecule has 0 spiro atoms. The van der Waals surface area contributed by atoms with Gasteiger partial charge in [0.25, 0.3) is 0 Å². The second-order valence-electron chi connectivity index (χ2n) is 5.73. The van der Waals surface area contributed by atoms with Gasteiger partial charge in [0.05, 0.1) is 19.8 Å². The van der Waals surface area contributed by atoms with E-state index in [0.717, 1.165) is 11.1 Å². The summed E-state index contributed by atoms with van der Waals surface area (Å²) in [5.41, 5.74) is 9.37. The first-order chi connectivity index (χ1) is 12.1. The number of H-pyrrole nitrogens is 1. The van der Waals surface area contributed by atoms with Crippen molar-refractivity contribution in [2.45, 2.75) is 19.9 Å². The van der Waals surface area contributed by atoms with E-state index in [-0.39, 0.29) is 0 Å². The number of aromatic nitrogens is 3. The molecule has 0 saturated heterocycles. The second-order valence-corrected chi connectivity index (χ2v) is 5.73. The molecule has 0 aliphatic heterocycles. The van der Waals surface area contributed by atoms with Crippen LogP contribution in [0.1, 0.15) is 29.9 Å². The van der Waals surface area contributed by atoms with Crippen LogP contribution in [0.2, 0.25) is 0 Å². The van der Waals surface area contributed by atoms with Gasteiger partial charge in [-0.3, -0.25) is 5.10 Å². The smallest absolute Gasteiger partial charge is 0.181 e. The average Bonchev–Trinajstić information content (AvgIpc) is 3.12. The molecule has 25 heavy (non-hydrogen) atoms. The summed E-state index contributed by atoms with van der Waals surface area (Å²) in [6, 6.07) is 13.2. The van der Waals surface area contributed by atoms with Crippen LogP contribution in [-0.2, 0) is 0 Å². The van der Waals surface area contributed by atoms with Crippen LogP contribution >= 0.6 is 0 Å². The normalized spacial score (nSPS) is 12.0. The molecule has 0 radical (unpaired) electrons. The largest absolute Gasteiger partial charge is 0.493 e. The van der Waals surface area contributed by atoms with Crippen molar-refractivity contribution in [1.82, 2.24) is 15.2 Å². The molecule has 3 rings (SSSR count). The minimum atomic E-state index is -0.434. The summed E-state index contributed by atoms with van der Waals surface area (Å²) in [4.78, 5) is 4.54. The Morgan fingerprint density at radius 3 is 2.56 bits per heavy atom. The number of aromatic amines is 1. The van der Waals surface area contributed by atoms with E-state index in [9.17, 15) is 0 Å². The van der Waals surface area contributed by atoms with Gasteiger partial charge in [-0.2, -0.15) is 5.10 Å². The van der Waals surface area contributed by atoms with E-state index in [1.54, 1.807) is 7.11 Å². The molecular weight excluding hydrogens is 316 g/mol. The maximum Gasteiger partial charge on any atom is 0.181 e. The molecular formula is C19H22N4O2.